The first-order valence-corrected chi connectivity index (χ1v) is 4.72. The summed E-state index contributed by atoms with van der Waals surface area (Å²) in [6.45, 7) is 0.790. The van der Waals surface area contributed by atoms with E-state index in [4.69, 9.17) is 22.7 Å². The number of anilines is 1. The van der Waals surface area contributed by atoms with Crippen LogP contribution in [0.5, 0.6) is 0 Å². The lowest BCUT2D eigenvalue weighted by atomic mass is 10.2. The Hall–Kier alpha value is -1.42. The Morgan fingerprint density at radius 2 is 2.36 bits per heavy atom. The van der Waals surface area contributed by atoms with Crippen LogP contribution in [0.4, 0.5) is 5.69 Å². The van der Waals surface area contributed by atoms with Crippen LogP contribution in [-0.4, -0.2) is 12.5 Å². The van der Waals surface area contributed by atoms with Crippen molar-refractivity contribution >= 4 is 23.2 Å². The molecule has 4 N–H and O–H groups in total. The summed E-state index contributed by atoms with van der Waals surface area (Å²) in [5, 5.41) is 9.76. The van der Waals surface area contributed by atoms with E-state index < -0.39 is 0 Å². The van der Waals surface area contributed by atoms with Crippen molar-refractivity contribution in [3.63, 3.8) is 0 Å². The number of guanidine groups is 1. The maximum Gasteiger partial charge on any atom is 0.204 e. The minimum Gasteiger partial charge on any atom is -0.369 e. The Bertz CT molecular complexity index is 377. The van der Waals surface area contributed by atoms with Gasteiger partial charge in [-0.25, -0.2) is 0 Å². The van der Waals surface area contributed by atoms with Crippen LogP contribution in [0.25, 0.3) is 0 Å². The normalized spacial score (nSPS) is 13.9. The molecule has 0 radical (unpaired) electrons. The average Bonchev–Trinajstić information content (AvgIpc) is 2.49. The van der Waals surface area contributed by atoms with Gasteiger partial charge in [-0.1, -0.05) is 17.7 Å². The first-order chi connectivity index (χ1) is 6.68. The fraction of sp³-hybridized carbons (Fsp3) is 0.222. The fourth-order valence-electron chi connectivity index (χ4n) is 1.65. The summed E-state index contributed by atoms with van der Waals surface area (Å²) in [6, 6.07) is 5.73. The molecule has 14 heavy (non-hydrogen) atoms. The molecule has 0 aromatic heterocycles. The maximum absolute atomic E-state index is 7.15. The van der Waals surface area contributed by atoms with Crippen molar-refractivity contribution in [3.8, 4) is 0 Å². The topological polar surface area (TPSA) is 65.1 Å². The van der Waals surface area contributed by atoms with Gasteiger partial charge in [0.15, 0.2) is 0 Å². The van der Waals surface area contributed by atoms with Crippen LogP contribution in [0.3, 0.4) is 0 Å². The molecule has 1 aliphatic heterocycles. The van der Waals surface area contributed by atoms with Gasteiger partial charge >= 0.3 is 0 Å². The molecule has 0 atom stereocenters. The van der Waals surface area contributed by atoms with Crippen LogP contribution < -0.4 is 16.2 Å². The van der Waals surface area contributed by atoms with Crippen molar-refractivity contribution < 1.29 is 0 Å². The number of nitrogens with one attached hydrogen (secondary N) is 2. The highest BCUT2D eigenvalue weighted by atomic mass is 35.5. The Balaban J connectivity index is 2.30. The number of benzene rings is 1. The molecule has 0 saturated carbocycles. The van der Waals surface area contributed by atoms with Gasteiger partial charge in [0, 0.05) is 11.6 Å². The van der Waals surface area contributed by atoms with Crippen molar-refractivity contribution in [1.82, 2.24) is 5.43 Å². The zero-order valence-electron chi connectivity index (χ0n) is 7.55. The van der Waals surface area contributed by atoms with Crippen LogP contribution in [0.15, 0.2) is 18.2 Å². The van der Waals surface area contributed by atoms with Crippen molar-refractivity contribution in [2.75, 3.05) is 11.6 Å². The molecule has 0 unspecified atom stereocenters. The van der Waals surface area contributed by atoms with E-state index in [9.17, 15) is 0 Å². The number of fused-ring (bicyclic) bond motifs is 1. The minimum absolute atomic E-state index is 0.0576. The molecule has 0 spiro atoms. The molecule has 0 bridgehead atoms. The van der Waals surface area contributed by atoms with E-state index in [2.05, 4.69) is 5.43 Å². The fourth-order valence-corrected chi connectivity index (χ4v) is 1.92. The predicted octanol–water partition coefficient (Wildman–Crippen LogP) is 1.10. The number of halogens is 1. The lowest BCUT2D eigenvalue weighted by Crippen LogP contribution is -2.44. The number of hydrogen-bond donors (Lipinski definition) is 3. The van der Waals surface area contributed by atoms with Gasteiger partial charge in [0.2, 0.25) is 5.96 Å². The number of rotatable bonds is 1. The summed E-state index contributed by atoms with van der Waals surface area (Å²) >= 11 is 6.03. The van der Waals surface area contributed by atoms with Crippen molar-refractivity contribution in [1.29, 1.82) is 5.41 Å². The first kappa shape index (κ1) is 9.15. The van der Waals surface area contributed by atoms with Crippen LogP contribution in [0.1, 0.15) is 5.56 Å². The lowest BCUT2D eigenvalue weighted by Gasteiger charge is -2.20. The zero-order valence-corrected chi connectivity index (χ0v) is 8.30. The highest BCUT2D eigenvalue weighted by Crippen LogP contribution is 2.31. The monoisotopic (exact) mass is 210 g/mol. The molecule has 5 heteroatoms. The van der Waals surface area contributed by atoms with E-state index in [1.165, 1.54) is 0 Å². The van der Waals surface area contributed by atoms with Gasteiger partial charge in [-0.05, 0) is 24.1 Å². The van der Waals surface area contributed by atoms with E-state index in [-0.39, 0.29) is 5.96 Å². The van der Waals surface area contributed by atoms with E-state index in [1.54, 1.807) is 0 Å². The number of hydrogen-bond acceptors (Lipinski definition) is 2. The summed E-state index contributed by atoms with van der Waals surface area (Å²) in [7, 11) is 0. The van der Waals surface area contributed by atoms with Crippen LogP contribution in [0.2, 0.25) is 5.02 Å². The van der Waals surface area contributed by atoms with Gasteiger partial charge in [0.25, 0.3) is 0 Å². The predicted molar refractivity (Wildman–Crippen MR) is 57.6 cm³/mol. The van der Waals surface area contributed by atoms with Crippen LogP contribution in [-0.2, 0) is 6.42 Å². The molecule has 1 heterocycles. The third kappa shape index (κ3) is 1.48. The van der Waals surface area contributed by atoms with Crippen LogP contribution >= 0.6 is 11.6 Å². The lowest BCUT2D eigenvalue weighted by molar-refractivity contribution is 0.791. The summed E-state index contributed by atoms with van der Waals surface area (Å²) in [6.07, 6.45) is 0.884. The van der Waals surface area contributed by atoms with Crippen molar-refractivity contribution in [2.45, 2.75) is 6.42 Å². The van der Waals surface area contributed by atoms with E-state index in [0.29, 0.717) is 0 Å². The molecular weight excluding hydrogens is 200 g/mol. The van der Waals surface area contributed by atoms with Crippen molar-refractivity contribution in [2.24, 2.45) is 5.73 Å². The van der Waals surface area contributed by atoms with Gasteiger partial charge in [-0.3, -0.25) is 15.8 Å². The third-order valence-electron chi connectivity index (χ3n) is 2.23. The highest BCUT2D eigenvalue weighted by Gasteiger charge is 2.20. The minimum atomic E-state index is -0.0576. The number of nitrogens with zero attached hydrogens (tertiary/aromatic N) is 1. The molecule has 74 valence electrons. The number of nitrogens with two attached hydrogens (primary N) is 1. The summed E-state index contributed by atoms with van der Waals surface area (Å²) in [5.74, 6) is -0.0576. The van der Waals surface area contributed by atoms with E-state index >= 15 is 0 Å². The summed E-state index contributed by atoms with van der Waals surface area (Å²) in [4.78, 5) is 0. The Morgan fingerprint density at radius 3 is 3.07 bits per heavy atom. The molecular formula is C9H11ClN4. The molecule has 1 aliphatic rings. The second kappa shape index (κ2) is 3.38. The second-order valence-electron chi connectivity index (χ2n) is 3.16. The zero-order chi connectivity index (χ0) is 10.1. The molecule has 4 nitrogen and oxygen atoms in total. The largest absolute Gasteiger partial charge is 0.369 e. The Labute approximate surface area is 87.1 Å². The van der Waals surface area contributed by atoms with Gasteiger partial charge in [0.1, 0.15) is 0 Å². The standard InChI is InChI=1S/C9H11ClN4/c10-7-2-1-3-8-6(7)4-5-14(8)13-9(11)12/h1-3H,4-5H2,(H4,11,12,13). The van der Waals surface area contributed by atoms with Gasteiger partial charge < -0.3 is 5.73 Å². The average molecular weight is 211 g/mol. The molecule has 2 rings (SSSR count). The van der Waals surface area contributed by atoms with Gasteiger partial charge in [-0.15, -0.1) is 0 Å². The molecule has 0 fully saturated rings. The summed E-state index contributed by atoms with van der Waals surface area (Å²) < 4.78 is 0. The SMILES string of the molecule is N=C(N)NN1CCc2c(Cl)cccc21. The highest BCUT2D eigenvalue weighted by molar-refractivity contribution is 6.31. The maximum atomic E-state index is 7.15. The molecule has 1 aromatic carbocycles. The Kier molecular flexibility index (Phi) is 2.21. The number of hydrazine groups is 1. The first-order valence-electron chi connectivity index (χ1n) is 4.34. The molecule has 0 aliphatic carbocycles. The molecule has 1 aromatic rings. The summed E-state index contributed by atoms with van der Waals surface area (Å²) in [5.41, 5.74) is 10.1. The Morgan fingerprint density at radius 1 is 1.57 bits per heavy atom. The molecule has 0 saturated heterocycles. The van der Waals surface area contributed by atoms with Gasteiger partial charge in [0.05, 0.1) is 5.69 Å². The quantitative estimate of drug-likeness (QED) is 0.481. The third-order valence-corrected chi connectivity index (χ3v) is 2.58. The van der Waals surface area contributed by atoms with E-state index in [1.807, 2.05) is 23.2 Å². The van der Waals surface area contributed by atoms with Crippen LogP contribution in [0, 0.1) is 5.41 Å². The second-order valence-corrected chi connectivity index (χ2v) is 3.57. The smallest absolute Gasteiger partial charge is 0.204 e. The van der Waals surface area contributed by atoms with Gasteiger partial charge in [-0.2, -0.15) is 0 Å². The molecule has 0 amide bonds. The van der Waals surface area contributed by atoms with E-state index in [0.717, 1.165) is 29.2 Å². The van der Waals surface area contributed by atoms with Crippen molar-refractivity contribution in [3.05, 3.63) is 28.8 Å².